The van der Waals surface area contributed by atoms with Gasteiger partial charge < -0.3 is 14.5 Å². The number of amides is 2. The van der Waals surface area contributed by atoms with Gasteiger partial charge >= 0.3 is 0 Å². The Hall–Kier alpha value is -1.36. The lowest BCUT2D eigenvalue weighted by atomic mass is 9.88. The fourth-order valence-corrected chi connectivity index (χ4v) is 3.79. The van der Waals surface area contributed by atoms with Gasteiger partial charge in [-0.15, -0.1) is 0 Å². The van der Waals surface area contributed by atoms with E-state index in [1.54, 1.807) is 7.11 Å². The van der Waals surface area contributed by atoms with Crippen LogP contribution < -0.4 is 0 Å². The Bertz CT molecular complexity index is 441. The first-order valence-electron chi connectivity index (χ1n) is 7.92. The zero-order valence-electron chi connectivity index (χ0n) is 12.7. The summed E-state index contributed by atoms with van der Waals surface area (Å²) in [5.74, 6) is 0.933. The van der Waals surface area contributed by atoms with Crippen LogP contribution in [0.1, 0.15) is 19.3 Å². The quantitative estimate of drug-likeness (QED) is 0.724. The lowest BCUT2D eigenvalue weighted by Gasteiger charge is -2.33. The highest BCUT2D eigenvalue weighted by atomic mass is 16.5. The summed E-state index contributed by atoms with van der Waals surface area (Å²) in [6.07, 6.45) is 6.90. The Labute approximate surface area is 125 Å². The Morgan fingerprint density at radius 2 is 2.10 bits per heavy atom. The molecule has 1 aliphatic carbocycles. The third kappa shape index (κ3) is 2.84. The number of hydrogen-bond donors (Lipinski definition) is 0. The number of piperidine rings is 1. The maximum Gasteiger partial charge on any atom is 0.227 e. The zero-order valence-corrected chi connectivity index (χ0v) is 12.7. The van der Waals surface area contributed by atoms with Crippen molar-refractivity contribution in [1.29, 1.82) is 0 Å². The van der Waals surface area contributed by atoms with Gasteiger partial charge in [-0.3, -0.25) is 9.59 Å². The van der Waals surface area contributed by atoms with Crippen LogP contribution in [0.2, 0.25) is 0 Å². The van der Waals surface area contributed by atoms with E-state index in [0.29, 0.717) is 25.6 Å². The predicted molar refractivity (Wildman–Crippen MR) is 78.5 cm³/mol. The zero-order chi connectivity index (χ0) is 14.8. The predicted octanol–water partition coefficient (Wildman–Crippen LogP) is 0.906. The molecule has 0 aromatic rings. The fraction of sp³-hybridized carbons (Fsp3) is 0.750. The van der Waals surface area contributed by atoms with Crippen molar-refractivity contribution >= 4 is 11.8 Å². The van der Waals surface area contributed by atoms with Crippen LogP contribution in [0.25, 0.3) is 0 Å². The summed E-state index contributed by atoms with van der Waals surface area (Å²) in [6.45, 7) is 3.43. The van der Waals surface area contributed by atoms with Crippen LogP contribution in [-0.2, 0) is 14.3 Å². The van der Waals surface area contributed by atoms with Gasteiger partial charge in [0.15, 0.2) is 0 Å². The summed E-state index contributed by atoms with van der Waals surface area (Å²) in [6, 6.07) is 0. The maximum absolute atomic E-state index is 12.5. The molecule has 2 saturated heterocycles. The van der Waals surface area contributed by atoms with Gasteiger partial charge in [-0.1, -0.05) is 12.2 Å². The second-order valence-corrected chi connectivity index (χ2v) is 6.36. The number of rotatable bonds is 4. The first-order chi connectivity index (χ1) is 10.2. The van der Waals surface area contributed by atoms with Crippen LogP contribution in [0.4, 0.5) is 0 Å². The van der Waals surface area contributed by atoms with E-state index in [1.165, 1.54) is 0 Å². The molecule has 0 unspecified atom stereocenters. The van der Waals surface area contributed by atoms with E-state index in [0.717, 1.165) is 32.4 Å². The maximum atomic E-state index is 12.5. The fourth-order valence-electron chi connectivity index (χ4n) is 3.79. The van der Waals surface area contributed by atoms with E-state index in [4.69, 9.17) is 4.74 Å². The molecule has 2 aliphatic heterocycles. The first kappa shape index (κ1) is 14.6. The smallest absolute Gasteiger partial charge is 0.227 e. The number of likely N-dealkylation sites (tertiary alicyclic amines) is 2. The van der Waals surface area contributed by atoms with E-state index < -0.39 is 0 Å². The number of ether oxygens (including phenoxy) is 1. The lowest BCUT2D eigenvalue weighted by Crippen LogP contribution is -2.46. The summed E-state index contributed by atoms with van der Waals surface area (Å²) < 4.78 is 5.07. The molecule has 3 rings (SSSR count). The molecular formula is C16H24N2O3. The minimum atomic E-state index is 0.00826. The molecular weight excluding hydrogens is 268 g/mol. The van der Waals surface area contributed by atoms with Gasteiger partial charge in [-0.25, -0.2) is 0 Å². The molecule has 0 aromatic carbocycles. The number of carbonyl (C=O) groups excluding carboxylic acids is 2. The average molecular weight is 292 g/mol. The minimum Gasteiger partial charge on any atom is -0.383 e. The third-order valence-corrected chi connectivity index (χ3v) is 5.07. The second kappa shape index (κ2) is 6.18. The molecule has 0 saturated carbocycles. The van der Waals surface area contributed by atoms with Crippen molar-refractivity contribution in [1.82, 2.24) is 9.80 Å². The van der Waals surface area contributed by atoms with Crippen LogP contribution in [-0.4, -0.2) is 61.5 Å². The van der Waals surface area contributed by atoms with Crippen LogP contribution in [0.3, 0.4) is 0 Å². The van der Waals surface area contributed by atoms with E-state index in [1.807, 2.05) is 9.80 Å². The van der Waals surface area contributed by atoms with Crippen molar-refractivity contribution in [2.45, 2.75) is 19.3 Å². The van der Waals surface area contributed by atoms with Crippen molar-refractivity contribution in [2.24, 2.45) is 17.8 Å². The molecule has 0 spiro atoms. The number of carbonyl (C=O) groups is 2. The number of methoxy groups -OCH3 is 1. The molecule has 2 heterocycles. The van der Waals surface area contributed by atoms with E-state index >= 15 is 0 Å². The number of fused-ring (bicyclic) bond motifs is 1. The van der Waals surface area contributed by atoms with Gasteiger partial charge in [0, 0.05) is 39.2 Å². The molecule has 5 heteroatoms. The number of nitrogens with zero attached hydrogens (tertiary/aromatic N) is 2. The standard InChI is InChI=1S/C16H24N2O3/c1-21-9-8-17-7-6-13-10-18(11-14(13)16(17)20)15(19)12-4-2-3-5-12/h2-3,12-14H,4-11H2,1H3/t13-,14-/m0/s1. The monoisotopic (exact) mass is 292 g/mol. The second-order valence-electron chi connectivity index (χ2n) is 6.36. The van der Waals surface area contributed by atoms with Gasteiger partial charge in [-0.05, 0) is 25.2 Å². The highest BCUT2D eigenvalue weighted by molar-refractivity contribution is 5.84. The molecule has 2 amide bonds. The molecule has 2 fully saturated rings. The molecule has 3 aliphatic rings. The van der Waals surface area contributed by atoms with Crippen LogP contribution >= 0.6 is 0 Å². The molecule has 2 atom stereocenters. The highest BCUT2D eigenvalue weighted by Crippen LogP contribution is 2.34. The first-order valence-corrected chi connectivity index (χ1v) is 7.92. The molecule has 0 bridgehead atoms. The Morgan fingerprint density at radius 1 is 1.33 bits per heavy atom. The summed E-state index contributed by atoms with van der Waals surface area (Å²) in [5, 5.41) is 0. The summed E-state index contributed by atoms with van der Waals surface area (Å²) in [7, 11) is 1.66. The van der Waals surface area contributed by atoms with E-state index in [-0.39, 0.29) is 23.7 Å². The van der Waals surface area contributed by atoms with Crippen LogP contribution in [0.15, 0.2) is 12.2 Å². The summed E-state index contributed by atoms with van der Waals surface area (Å²) >= 11 is 0. The van der Waals surface area contributed by atoms with Crippen LogP contribution in [0, 0.1) is 17.8 Å². The van der Waals surface area contributed by atoms with Crippen molar-refractivity contribution in [3.8, 4) is 0 Å². The van der Waals surface area contributed by atoms with Gasteiger partial charge in [-0.2, -0.15) is 0 Å². The lowest BCUT2D eigenvalue weighted by molar-refractivity contribution is -0.140. The Morgan fingerprint density at radius 3 is 2.81 bits per heavy atom. The Balaban J connectivity index is 1.60. The number of hydrogen-bond acceptors (Lipinski definition) is 3. The van der Waals surface area contributed by atoms with Crippen molar-refractivity contribution < 1.29 is 14.3 Å². The van der Waals surface area contributed by atoms with Gasteiger partial charge in [0.2, 0.25) is 11.8 Å². The SMILES string of the molecule is COCCN1CC[C@H]2CN(C(=O)C3CC=CC3)C[C@@H]2C1=O. The molecule has 0 radical (unpaired) electrons. The number of allylic oxidation sites excluding steroid dienone is 2. The van der Waals surface area contributed by atoms with Crippen LogP contribution in [0.5, 0.6) is 0 Å². The highest BCUT2D eigenvalue weighted by Gasteiger charge is 2.44. The van der Waals surface area contributed by atoms with Gasteiger partial charge in [0.1, 0.15) is 0 Å². The molecule has 21 heavy (non-hydrogen) atoms. The van der Waals surface area contributed by atoms with Gasteiger partial charge in [0.25, 0.3) is 0 Å². The topological polar surface area (TPSA) is 49.9 Å². The molecule has 0 aromatic heterocycles. The van der Waals surface area contributed by atoms with Crippen molar-refractivity contribution in [3.05, 3.63) is 12.2 Å². The third-order valence-electron chi connectivity index (χ3n) is 5.07. The summed E-state index contributed by atoms with van der Waals surface area (Å²) in [5.41, 5.74) is 0. The average Bonchev–Trinajstić information content (AvgIpc) is 3.15. The van der Waals surface area contributed by atoms with Gasteiger partial charge in [0.05, 0.1) is 12.5 Å². The van der Waals surface area contributed by atoms with Crippen molar-refractivity contribution in [2.75, 3.05) is 39.9 Å². The summed E-state index contributed by atoms with van der Waals surface area (Å²) in [4.78, 5) is 28.8. The minimum absolute atomic E-state index is 0.00826. The van der Waals surface area contributed by atoms with Crippen molar-refractivity contribution in [3.63, 3.8) is 0 Å². The molecule has 5 nitrogen and oxygen atoms in total. The van der Waals surface area contributed by atoms with E-state index in [2.05, 4.69) is 12.2 Å². The largest absolute Gasteiger partial charge is 0.383 e. The normalized spacial score (nSPS) is 29.3. The molecule has 0 N–H and O–H groups in total. The Kier molecular flexibility index (Phi) is 4.29. The van der Waals surface area contributed by atoms with E-state index in [9.17, 15) is 9.59 Å². The molecule has 116 valence electrons.